The van der Waals surface area contributed by atoms with E-state index in [1.807, 2.05) is 19.1 Å². The molecule has 7 heteroatoms. The molecule has 1 aliphatic rings. The summed E-state index contributed by atoms with van der Waals surface area (Å²) in [4.78, 5) is 4.41. The molecule has 0 amide bonds. The number of thiophene rings is 1. The molecule has 0 aliphatic carbocycles. The summed E-state index contributed by atoms with van der Waals surface area (Å²) in [5, 5.41) is 0.825. The lowest BCUT2D eigenvalue weighted by molar-refractivity contribution is 0.314. The molecule has 1 N–H and O–H groups in total. The average molecular weight is 393 g/mol. The molecule has 4 nitrogen and oxygen atoms in total. The number of H-pyrrole nitrogens is 1. The number of halogens is 1. The first kappa shape index (κ1) is 17.7. The summed E-state index contributed by atoms with van der Waals surface area (Å²) in [6.07, 6.45) is 2.58. The van der Waals surface area contributed by atoms with Gasteiger partial charge in [0, 0.05) is 40.5 Å². The highest BCUT2D eigenvalue weighted by atomic mass is 32.2. The standard InChI is InChI=1S/C19H21FN2O2S2/c1-2-16-6-8-19(25-16)26(23,24)22-9-3-4-13(12-22)18-11-14-10-15(20)5-7-17(14)21-18/h5-8,10-11,13,21H,2-4,9,12H2,1H3. The van der Waals surface area contributed by atoms with Gasteiger partial charge in [-0.3, -0.25) is 0 Å². The predicted octanol–water partition coefficient (Wildman–Crippen LogP) is 4.50. The molecule has 138 valence electrons. The molecule has 3 aromatic rings. The van der Waals surface area contributed by atoms with Crippen LogP contribution >= 0.6 is 11.3 Å². The van der Waals surface area contributed by atoms with Crippen LogP contribution in [0.15, 0.2) is 40.6 Å². The molecule has 0 saturated carbocycles. The number of hydrogen-bond acceptors (Lipinski definition) is 3. The largest absolute Gasteiger partial charge is 0.358 e. The van der Waals surface area contributed by atoms with Crippen LogP contribution in [0.1, 0.15) is 36.3 Å². The number of aryl methyl sites for hydroxylation is 1. The topological polar surface area (TPSA) is 53.2 Å². The number of aromatic amines is 1. The third-order valence-corrected chi connectivity index (χ3v) is 8.57. The number of fused-ring (bicyclic) bond motifs is 1. The summed E-state index contributed by atoms with van der Waals surface area (Å²) in [5.41, 5.74) is 1.86. The minimum atomic E-state index is -3.45. The van der Waals surface area contributed by atoms with Crippen molar-refractivity contribution in [1.82, 2.24) is 9.29 Å². The number of nitrogens with zero attached hydrogens (tertiary/aromatic N) is 1. The van der Waals surface area contributed by atoms with Gasteiger partial charge >= 0.3 is 0 Å². The summed E-state index contributed by atoms with van der Waals surface area (Å²) in [6, 6.07) is 10.2. The second-order valence-corrected chi connectivity index (χ2v) is 10.1. The fraction of sp³-hybridized carbons (Fsp3) is 0.368. The molecule has 1 atom stereocenters. The third kappa shape index (κ3) is 3.19. The van der Waals surface area contributed by atoms with E-state index < -0.39 is 10.0 Å². The van der Waals surface area contributed by atoms with Crippen LogP contribution in [-0.4, -0.2) is 30.8 Å². The molecule has 1 aliphatic heterocycles. The van der Waals surface area contributed by atoms with Crippen molar-refractivity contribution >= 4 is 32.3 Å². The average Bonchev–Trinajstić information content (AvgIpc) is 3.28. The van der Waals surface area contributed by atoms with Crippen molar-refractivity contribution in [2.24, 2.45) is 0 Å². The number of piperidine rings is 1. The molecule has 1 saturated heterocycles. The lowest BCUT2D eigenvalue weighted by atomic mass is 9.96. The van der Waals surface area contributed by atoms with Gasteiger partial charge in [-0.25, -0.2) is 12.8 Å². The van der Waals surface area contributed by atoms with E-state index >= 15 is 0 Å². The van der Waals surface area contributed by atoms with Gasteiger partial charge in [0.25, 0.3) is 10.0 Å². The Labute approximate surface area is 156 Å². The molecule has 0 bridgehead atoms. The maximum atomic E-state index is 13.4. The van der Waals surface area contributed by atoms with Gasteiger partial charge in [-0.15, -0.1) is 11.3 Å². The number of benzene rings is 1. The second-order valence-electron chi connectivity index (χ2n) is 6.73. The van der Waals surface area contributed by atoms with Crippen molar-refractivity contribution in [2.75, 3.05) is 13.1 Å². The van der Waals surface area contributed by atoms with Crippen LogP contribution in [0.5, 0.6) is 0 Å². The first-order valence-electron chi connectivity index (χ1n) is 8.84. The molecule has 1 aromatic carbocycles. The zero-order chi connectivity index (χ0) is 18.3. The Morgan fingerprint density at radius 1 is 1.27 bits per heavy atom. The molecule has 26 heavy (non-hydrogen) atoms. The van der Waals surface area contributed by atoms with Gasteiger partial charge in [0.15, 0.2) is 0 Å². The quantitative estimate of drug-likeness (QED) is 0.711. The minimum absolute atomic E-state index is 0.0968. The summed E-state index contributed by atoms with van der Waals surface area (Å²) in [5.74, 6) is -0.167. The van der Waals surface area contributed by atoms with Crippen molar-refractivity contribution in [3.63, 3.8) is 0 Å². The maximum Gasteiger partial charge on any atom is 0.252 e. The zero-order valence-electron chi connectivity index (χ0n) is 14.5. The van der Waals surface area contributed by atoms with E-state index in [1.165, 1.54) is 23.5 Å². The second kappa shape index (κ2) is 6.79. The highest BCUT2D eigenvalue weighted by Crippen LogP contribution is 2.33. The summed E-state index contributed by atoms with van der Waals surface area (Å²) >= 11 is 1.36. The fourth-order valence-electron chi connectivity index (χ4n) is 3.57. The third-order valence-electron chi connectivity index (χ3n) is 5.01. The van der Waals surface area contributed by atoms with Crippen molar-refractivity contribution in [1.29, 1.82) is 0 Å². The molecular formula is C19H21FN2O2S2. The summed E-state index contributed by atoms with van der Waals surface area (Å²) < 4.78 is 41.4. The summed E-state index contributed by atoms with van der Waals surface area (Å²) in [6.45, 7) is 3.03. The van der Waals surface area contributed by atoms with Crippen LogP contribution in [0, 0.1) is 5.82 Å². The highest BCUT2D eigenvalue weighted by molar-refractivity contribution is 7.91. The number of sulfonamides is 1. The number of hydrogen-bond donors (Lipinski definition) is 1. The van der Waals surface area contributed by atoms with E-state index in [0.717, 1.165) is 40.7 Å². The Kier molecular flexibility index (Phi) is 4.62. The van der Waals surface area contributed by atoms with E-state index in [-0.39, 0.29) is 11.7 Å². The van der Waals surface area contributed by atoms with Crippen molar-refractivity contribution in [3.8, 4) is 0 Å². The van der Waals surface area contributed by atoms with Crippen LogP contribution < -0.4 is 0 Å². The SMILES string of the molecule is CCc1ccc(S(=O)(=O)N2CCCC(c3cc4cc(F)ccc4[nH]3)C2)s1. The van der Waals surface area contributed by atoms with Gasteiger partial charge in [0.2, 0.25) is 0 Å². The van der Waals surface area contributed by atoms with Crippen LogP contribution in [0.4, 0.5) is 4.39 Å². The molecule has 3 heterocycles. The number of nitrogens with one attached hydrogen (secondary N) is 1. The van der Waals surface area contributed by atoms with Crippen LogP contribution in [0.25, 0.3) is 10.9 Å². The van der Waals surface area contributed by atoms with Gasteiger partial charge in [-0.05, 0) is 55.7 Å². The minimum Gasteiger partial charge on any atom is -0.358 e. The van der Waals surface area contributed by atoms with Gasteiger partial charge in [-0.2, -0.15) is 4.31 Å². The van der Waals surface area contributed by atoms with Gasteiger partial charge in [-0.1, -0.05) is 6.92 Å². The molecule has 2 aromatic heterocycles. The Morgan fingerprint density at radius 3 is 2.88 bits per heavy atom. The highest BCUT2D eigenvalue weighted by Gasteiger charge is 2.32. The van der Waals surface area contributed by atoms with E-state index in [9.17, 15) is 12.8 Å². The van der Waals surface area contributed by atoms with E-state index in [2.05, 4.69) is 4.98 Å². The van der Waals surface area contributed by atoms with Gasteiger partial charge in [0.1, 0.15) is 10.0 Å². The van der Waals surface area contributed by atoms with Crippen LogP contribution in [0.3, 0.4) is 0 Å². The molecule has 0 spiro atoms. The molecule has 0 radical (unpaired) electrons. The molecular weight excluding hydrogens is 371 g/mol. The van der Waals surface area contributed by atoms with E-state index in [0.29, 0.717) is 17.3 Å². The Hall–Kier alpha value is -1.70. The Balaban J connectivity index is 1.60. The van der Waals surface area contributed by atoms with E-state index in [1.54, 1.807) is 16.4 Å². The fourth-order valence-corrected chi connectivity index (χ4v) is 6.55. The molecule has 1 fully saturated rings. The smallest absolute Gasteiger partial charge is 0.252 e. The lowest BCUT2D eigenvalue weighted by Crippen LogP contribution is -2.38. The Morgan fingerprint density at radius 2 is 2.12 bits per heavy atom. The normalized spacial score (nSPS) is 19.2. The summed E-state index contributed by atoms with van der Waals surface area (Å²) in [7, 11) is -3.45. The molecule has 1 unspecified atom stereocenters. The molecule has 4 rings (SSSR count). The predicted molar refractivity (Wildman–Crippen MR) is 103 cm³/mol. The Bertz CT molecular complexity index is 1040. The van der Waals surface area contributed by atoms with Gasteiger partial charge < -0.3 is 4.98 Å². The monoisotopic (exact) mass is 392 g/mol. The number of aromatic nitrogens is 1. The van der Waals surface area contributed by atoms with Crippen molar-refractivity contribution in [3.05, 3.63) is 52.8 Å². The zero-order valence-corrected chi connectivity index (χ0v) is 16.2. The number of rotatable bonds is 4. The van der Waals surface area contributed by atoms with Crippen molar-refractivity contribution in [2.45, 2.75) is 36.3 Å². The van der Waals surface area contributed by atoms with Crippen LogP contribution in [0.2, 0.25) is 0 Å². The van der Waals surface area contributed by atoms with Crippen molar-refractivity contribution < 1.29 is 12.8 Å². The van der Waals surface area contributed by atoms with Crippen LogP contribution in [-0.2, 0) is 16.4 Å². The maximum absolute atomic E-state index is 13.4. The first-order chi connectivity index (χ1) is 12.5. The lowest BCUT2D eigenvalue weighted by Gasteiger charge is -2.31. The van der Waals surface area contributed by atoms with E-state index in [4.69, 9.17) is 0 Å². The van der Waals surface area contributed by atoms with Gasteiger partial charge in [0.05, 0.1) is 0 Å². The first-order valence-corrected chi connectivity index (χ1v) is 11.1.